The van der Waals surface area contributed by atoms with Crippen molar-refractivity contribution in [1.29, 1.82) is 0 Å². The predicted octanol–water partition coefficient (Wildman–Crippen LogP) is 1.32. The lowest BCUT2D eigenvalue weighted by atomic mass is 10.0. The normalized spacial score (nSPS) is 10.5. The summed E-state index contributed by atoms with van der Waals surface area (Å²) in [5.74, 6) is 5.13. The molecule has 1 aromatic carbocycles. The van der Waals surface area contributed by atoms with E-state index in [0.717, 1.165) is 5.56 Å². The molecule has 0 aromatic heterocycles. The van der Waals surface area contributed by atoms with Gasteiger partial charge in [0, 0.05) is 0 Å². The third-order valence-corrected chi connectivity index (χ3v) is 2.31. The van der Waals surface area contributed by atoms with Gasteiger partial charge in [-0.05, 0) is 17.0 Å². The van der Waals surface area contributed by atoms with Gasteiger partial charge in [-0.15, -0.1) is 0 Å². The van der Waals surface area contributed by atoms with Crippen molar-refractivity contribution < 1.29 is 9.53 Å². The highest BCUT2D eigenvalue weighted by molar-refractivity contribution is 5.76. The molecule has 0 aliphatic carbocycles. The van der Waals surface area contributed by atoms with Gasteiger partial charge in [0.05, 0.1) is 6.61 Å². The number of nitrogens with one attached hydrogen (secondary N) is 1. The fourth-order valence-electron chi connectivity index (χ4n) is 1.30. The van der Waals surface area contributed by atoms with E-state index in [0.29, 0.717) is 12.5 Å². The highest BCUT2D eigenvalue weighted by Gasteiger charge is 2.01. The van der Waals surface area contributed by atoms with E-state index in [-0.39, 0.29) is 12.5 Å². The summed E-state index contributed by atoms with van der Waals surface area (Å²) < 4.78 is 5.18. The number of carbonyl (C=O) groups excluding carboxylic acids is 1. The molecule has 0 fully saturated rings. The largest absolute Gasteiger partial charge is 0.367 e. The van der Waals surface area contributed by atoms with Gasteiger partial charge in [-0.3, -0.25) is 10.2 Å². The Bertz CT molecular complexity index is 333. The van der Waals surface area contributed by atoms with Gasteiger partial charge in [0.1, 0.15) is 6.61 Å². The fourth-order valence-corrected chi connectivity index (χ4v) is 1.30. The van der Waals surface area contributed by atoms with E-state index in [1.165, 1.54) is 5.56 Å². The van der Waals surface area contributed by atoms with E-state index < -0.39 is 0 Å². The number of carbonyl (C=O) groups is 1. The molecule has 16 heavy (non-hydrogen) atoms. The second-order valence-electron chi connectivity index (χ2n) is 3.96. The summed E-state index contributed by atoms with van der Waals surface area (Å²) in [6.07, 6.45) is 0. The van der Waals surface area contributed by atoms with Crippen LogP contribution in [0.25, 0.3) is 0 Å². The van der Waals surface area contributed by atoms with Crippen molar-refractivity contribution >= 4 is 5.91 Å². The Kier molecular flexibility index (Phi) is 4.95. The molecule has 0 bridgehead atoms. The Labute approximate surface area is 95.8 Å². The average Bonchev–Trinajstić information content (AvgIpc) is 2.29. The zero-order valence-corrected chi connectivity index (χ0v) is 9.69. The van der Waals surface area contributed by atoms with Crippen molar-refractivity contribution in [3.05, 3.63) is 35.4 Å². The predicted molar refractivity (Wildman–Crippen MR) is 62.5 cm³/mol. The summed E-state index contributed by atoms with van der Waals surface area (Å²) in [7, 11) is 0. The van der Waals surface area contributed by atoms with Gasteiger partial charge in [0.15, 0.2) is 0 Å². The van der Waals surface area contributed by atoms with Crippen LogP contribution in [0.2, 0.25) is 0 Å². The lowest BCUT2D eigenvalue weighted by Crippen LogP contribution is -2.33. The fraction of sp³-hybridized carbons (Fsp3) is 0.417. The third-order valence-electron chi connectivity index (χ3n) is 2.31. The van der Waals surface area contributed by atoms with Crippen LogP contribution in [-0.2, 0) is 16.1 Å². The number of rotatable bonds is 5. The molecule has 4 heteroatoms. The average molecular weight is 222 g/mol. The molecule has 0 saturated heterocycles. The minimum atomic E-state index is -0.321. The van der Waals surface area contributed by atoms with Crippen LogP contribution < -0.4 is 11.3 Å². The summed E-state index contributed by atoms with van der Waals surface area (Å²) in [5.41, 5.74) is 4.36. The number of ether oxygens (including phenoxy) is 1. The first-order valence-electron chi connectivity index (χ1n) is 5.29. The zero-order chi connectivity index (χ0) is 12.0. The number of hydrogen-bond donors (Lipinski definition) is 2. The summed E-state index contributed by atoms with van der Waals surface area (Å²) >= 11 is 0. The molecule has 0 radical (unpaired) electrons. The van der Waals surface area contributed by atoms with Crippen LogP contribution in [-0.4, -0.2) is 12.5 Å². The number of benzene rings is 1. The van der Waals surface area contributed by atoms with Crippen LogP contribution in [0.3, 0.4) is 0 Å². The number of hydrazine groups is 1. The van der Waals surface area contributed by atoms with Gasteiger partial charge in [0.2, 0.25) is 0 Å². The summed E-state index contributed by atoms with van der Waals surface area (Å²) in [6.45, 7) is 4.71. The molecule has 1 rings (SSSR count). The molecule has 3 N–H and O–H groups in total. The molecular formula is C12H18N2O2. The topological polar surface area (TPSA) is 64.3 Å². The van der Waals surface area contributed by atoms with Crippen molar-refractivity contribution in [3.63, 3.8) is 0 Å². The molecule has 0 heterocycles. The van der Waals surface area contributed by atoms with Crippen molar-refractivity contribution in [2.24, 2.45) is 5.84 Å². The Balaban J connectivity index is 2.40. The minimum Gasteiger partial charge on any atom is -0.367 e. The lowest BCUT2D eigenvalue weighted by molar-refractivity contribution is -0.126. The maximum absolute atomic E-state index is 10.8. The molecule has 0 aliphatic heterocycles. The SMILES string of the molecule is CC(C)c1ccc(COCC(=O)NN)cc1. The van der Waals surface area contributed by atoms with E-state index in [2.05, 4.69) is 26.0 Å². The first-order chi connectivity index (χ1) is 7.63. The Morgan fingerprint density at radius 3 is 2.50 bits per heavy atom. The molecule has 88 valence electrons. The van der Waals surface area contributed by atoms with E-state index >= 15 is 0 Å². The second kappa shape index (κ2) is 6.25. The maximum atomic E-state index is 10.8. The number of hydrogen-bond acceptors (Lipinski definition) is 3. The monoisotopic (exact) mass is 222 g/mol. The van der Waals surface area contributed by atoms with E-state index in [1.807, 2.05) is 17.6 Å². The quantitative estimate of drug-likeness (QED) is 0.448. The Hall–Kier alpha value is -1.39. The molecule has 1 aromatic rings. The highest BCUT2D eigenvalue weighted by Crippen LogP contribution is 2.14. The highest BCUT2D eigenvalue weighted by atomic mass is 16.5. The van der Waals surface area contributed by atoms with Gasteiger partial charge in [0.25, 0.3) is 5.91 Å². The van der Waals surface area contributed by atoms with Crippen LogP contribution in [0.15, 0.2) is 24.3 Å². The second-order valence-corrected chi connectivity index (χ2v) is 3.96. The Morgan fingerprint density at radius 2 is 2.00 bits per heavy atom. The minimum absolute atomic E-state index is 0.0115. The molecule has 0 unspecified atom stereocenters. The summed E-state index contributed by atoms with van der Waals surface area (Å²) in [6, 6.07) is 8.17. The third kappa shape index (κ3) is 4.00. The smallest absolute Gasteiger partial charge is 0.259 e. The summed E-state index contributed by atoms with van der Waals surface area (Å²) in [4.78, 5) is 10.8. The van der Waals surface area contributed by atoms with Crippen molar-refractivity contribution in [1.82, 2.24) is 5.43 Å². The lowest BCUT2D eigenvalue weighted by Gasteiger charge is -2.07. The van der Waals surface area contributed by atoms with Gasteiger partial charge < -0.3 is 4.74 Å². The van der Waals surface area contributed by atoms with Crippen LogP contribution >= 0.6 is 0 Å². The number of amides is 1. The zero-order valence-electron chi connectivity index (χ0n) is 9.69. The van der Waals surface area contributed by atoms with Crippen molar-refractivity contribution in [2.45, 2.75) is 26.4 Å². The van der Waals surface area contributed by atoms with Gasteiger partial charge in [-0.25, -0.2) is 5.84 Å². The van der Waals surface area contributed by atoms with Crippen LogP contribution in [0.1, 0.15) is 30.9 Å². The van der Waals surface area contributed by atoms with Gasteiger partial charge in [-0.1, -0.05) is 38.1 Å². The van der Waals surface area contributed by atoms with E-state index in [9.17, 15) is 4.79 Å². The van der Waals surface area contributed by atoms with Crippen LogP contribution in [0.5, 0.6) is 0 Å². The maximum Gasteiger partial charge on any atom is 0.259 e. The molecule has 0 aliphatic rings. The molecule has 0 saturated carbocycles. The first kappa shape index (κ1) is 12.7. The van der Waals surface area contributed by atoms with E-state index in [1.54, 1.807) is 0 Å². The van der Waals surface area contributed by atoms with Crippen molar-refractivity contribution in [3.8, 4) is 0 Å². The Morgan fingerprint density at radius 1 is 1.38 bits per heavy atom. The molecular weight excluding hydrogens is 204 g/mol. The van der Waals surface area contributed by atoms with Crippen molar-refractivity contribution in [2.75, 3.05) is 6.61 Å². The molecule has 0 spiro atoms. The van der Waals surface area contributed by atoms with Crippen LogP contribution in [0.4, 0.5) is 0 Å². The van der Waals surface area contributed by atoms with Gasteiger partial charge in [-0.2, -0.15) is 0 Å². The standard InChI is InChI=1S/C12H18N2O2/c1-9(2)11-5-3-10(4-6-11)7-16-8-12(15)14-13/h3-6,9H,7-8,13H2,1-2H3,(H,14,15). The summed E-state index contributed by atoms with van der Waals surface area (Å²) in [5, 5.41) is 0. The molecule has 4 nitrogen and oxygen atoms in total. The van der Waals surface area contributed by atoms with Crippen LogP contribution in [0, 0.1) is 0 Å². The van der Waals surface area contributed by atoms with E-state index in [4.69, 9.17) is 10.6 Å². The number of nitrogens with two attached hydrogens (primary N) is 1. The van der Waals surface area contributed by atoms with Gasteiger partial charge >= 0.3 is 0 Å². The molecule has 0 atom stereocenters. The first-order valence-corrected chi connectivity index (χ1v) is 5.29. The molecule has 1 amide bonds.